The molecule has 0 N–H and O–H groups in total. The number of rotatable bonds is 8. The van der Waals surface area contributed by atoms with E-state index in [9.17, 15) is 10.1 Å². The Labute approximate surface area is 149 Å². The van der Waals surface area contributed by atoms with Crippen molar-refractivity contribution in [1.29, 1.82) is 0 Å². The van der Waals surface area contributed by atoms with Crippen LogP contribution in [0.4, 0.5) is 5.69 Å². The normalized spacial score (nSPS) is 10.7. The minimum atomic E-state index is -0.448. The average Bonchev–Trinajstić information content (AvgIpc) is 2.62. The Morgan fingerprint density at radius 3 is 2.56 bits per heavy atom. The van der Waals surface area contributed by atoms with Crippen LogP contribution in [0.1, 0.15) is 12.5 Å². The third-order valence-electron chi connectivity index (χ3n) is 3.20. The minimum Gasteiger partial charge on any atom is -0.494 e. The molecule has 0 heterocycles. The molecule has 0 saturated heterocycles. The van der Waals surface area contributed by atoms with Crippen molar-refractivity contribution >= 4 is 23.8 Å². The highest BCUT2D eigenvalue weighted by Crippen LogP contribution is 2.33. The van der Waals surface area contributed by atoms with E-state index >= 15 is 0 Å². The Kier molecular flexibility index (Phi) is 6.64. The van der Waals surface area contributed by atoms with Crippen LogP contribution in [-0.2, 0) is 0 Å². The number of hydrogen-bond donors (Lipinski definition) is 0. The smallest absolute Gasteiger partial charge is 0.288 e. The summed E-state index contributed by atoms with van der Waals surface area (Å²) in [5.41, 5.74) is 0.749. The molecule has 2 aromatic carbocycles. The van der Waals surface area contributed by atoms with Crippen LogP contribution in [0.3, 0.4) is 0 Å². The molecule has 25 heavy (non-hydrogen) atoms. The van der Waals surface area contributed by atoms with Crippen LogP contribution in [0.2, 0.25) is 0 Å². The molecule has 0 spiro atoms. The highest BCUT2D eigenvalue weighted by molar-refractivity contribution is 7.98. The van der Waals surface area contributed by atoms with Crippen molar-refractivity contribution in [1.82, 2.24) is 0 Å². The molecule has 8 heteroatoms. The van der Waals surface area contributed by atoms with E-state index in [1.54, 1.807) is 44.7 Å². The quantitative estimate of drug-likeness (QED) is 0.304. The van der Waals surface area contributed by atoms with E-state index in [4.69, 9.17) is 14.2 Å². The van der Waals surface area contributed by atoms with Crippen LogP contribution in [-0.4, -0.2) is 32.0 Å². The van der Waals surface area contributed by atoms with Crippen molar-refractivity contribution in [2.75, 3.05) is 20.8 Å². The van der Waals surface area contributed by atoms with Gasteiger partial charge < -0.3 is 14.2 Å². The summed E-state index contributed by atoms with van der Waals surface area (Å²) in [6, 6.07) is 10.1. The minimum absolute atomic E-state index is 0.0413. The standard InChI is InChI=1S/C17H18N2O5S/c1-4-24-13-6-8-17(14(10-13)19(20)21)25-18-11-12-5-7-15(22-2)16(9-12)23-3/h5-11H,4H2,1-3H3/b18-11+. The maximum absolute atomic E-state index is 11.2. The Balaban J connectivity index is 2.17. The summed E-state index contributed by atoms with van der Waals surface area (Å²) in [5.74, 6) is 1.67. The topological polar surface area (TPSA) is 83.2 Å². The molecule has 0 unspecified atom stereocenters. The van der Waals surface area contributed by atoms with Crippen LogP contribution in [0.25, 0.3) is 0 Å². The van der Waals surface area contributed by atoms with Gasteiger partial charge in [0.05, 0.1) is 31.8 Å². The van der Waals surface area contributed by atoms with E-state index in [-0.39, 0.29) is 5.69 Å². The van der Waals surface area contributed by atoms with Crippen LogP contribution in [0.15, 0.2) is 45.7 Å². The summed E-state index contributed by atoms with van der Waals surface area (Å²) < 4.78 is 19.9. The van der Waals surface area contributed by atoms with Crippen molar-refractivity contribution in [3.05, 3.63) is 52.1 Å². The third-order valence-corrected chi connectivity index (χ3v) is 3.95. The molecular formula is C17H18N2O5S. The molecule has 2 aromatic rings. The zero-order chi connectivity index (χ0) is 18.2. The van der Waals surface area contributed by atoms with Crippen molar-refractivity contribution in [3.63, 3.8) is 0 Å². The number of benzene rings is 2. The first kappa shape index (κ1) is 18.6. The Morgan fingerprint density at radius 1 is 1.16 bits per heavy atom. The van der Waals surface area contributed by atoms with E-state index < -0.39 is 4.92 Å². The van der Waals surface area contributed by atoms with Gasteiger partial charge in [-0.25, -0.2) is 4.40 Å². The van der Waals surface area contributed by atoms with Crippen molar-refractivity contribution in [3.8, 4) is 17.2 Å². The van der Waals surface area contributed by atoms with Crippen molar-refractivity contribution < 1.29 is 19.1 Å². The zero-order valence-electron chi connectivity index (χ0n) is 14.1. The van der Waals surface area contributed by atoms with Crippen molar-refractivity contribution in [2.45, 2.75) is 11.8 Å². The van der Waals surface area contributed by atoms with Gasteiger partial charge in [-0.2, -0.15) is 0 Å². The maximum Gasteiger partial charge on any atom is 0.288 e. The predicted octanol–water partition coefficient (Wildman–Crippen LogP) is 4.14. The van der Waals surface area contributed by atoms with E-state index in [0.717, 1.165) is 17.5 Å². The number of nitro groups is 1. The van der Waals surface area contributed by atoms with Crippen LogP contribution in [0, 0.1) is 10.1 Å². The molecule has 0 aromatic heterocycles. The molecule has 0 aliphatic carbocycles. The van der Waals surface area contributed by atoms with E-state index in [1.807, 2.05) is 13.0 Å². The second kappa shape index (κ2) is 8.93. The summed E-state index contributed by atoms with van der Waals surface area (Å²) in [7, 11) is 3.11. The van der Waals surface area contributed by atoms with E-state index in [1.165, 1.54) is 6.07 Å². The molecule has 7 nitrogen and oxygen atoms in total. The van der Waals surface area contributed by atoms with Gasteiger partial charge in [-0.3, -0.25) is 10.1 Å². The molecule has 0 atom stereocenters. The van der Waals surface area contributed by atoms with Gasteiger partial charge in [-0.05, 0) is 42.8 Å². The van der Waals surface area contributed by atoms with Crippen molar-refractivity contribution in [2.24, 2.45) is 4.40 Å². The summed E-state index contributed by atoms with van der Waals surface area (Å²) in [5, 5.41) is 11.2. The van der Waals surface area contributed by atoms with E-state index in [0.29, 0.717) is 28.8 Å². The van der Waals surface area contributed by atoms with Gasteiger partial charge in [0.1, 0.15) is 10.6 Å². The lowest BCUT2D eigenvalue weighted by atomic mass is 10.2. The molecular weight excluding hydrogens is 344 g/mol. The van der Waals surface area contributed by atoms with Gasteiger partial charge in [-0.1, -0.05) is 0 Å². The summed E-state index contributed by atoms with van der Waals surface area (Å²) in [6.45, 7) is 2.27. The first-order chi connectivity index (χ1) is 12.1. The number of hydrogen-bond acceptors (Lipinski definition) is 7. The first-order valence-electron chi connectivity index (χ1n) is 7.42. The Bertz CT molecular complexity index is 780. The fraction of sp³-hybridized carbons (Fsp3) is 0.235. The van der Waals surface area contributed by atoms with Crippen LogP contribution >= 0.6 is 11.9 Å². The summed E-state index contributed by atoms with van der Waals surface area (Å²) in [4.78, 5) is 11.2. The molecule has 2 rings (SSSR count). The molecule has 0 aliphatic heterocycles. The second-order valence-corrected chi connectivity index (χ2v) is 5.59. The lowest BCUT2D eigenvalue weighted by molar-refractivity contribution is -0.387. The SMILES string of the molecule is CCOc1ccc(S/N=C/c2ccc(OC)c(OC)c2)c([N+](=O)[O-])c1. The van der Waals surface area contributed by atoms with E-state index in [2.05, 4.69) is 4.40 Å². The monoisotopic (exact) mass is 362 g/mol. The fourth-order valence-corrected chi connectivity index (χ4v) is 2.69. The molecule has 0 amide bonds. The fourth-order valence-electron chi connectivity index (χ4n) is 2.05. The Hall–Kier alpha value is -2.74. The van der Waals surface area contributed by atoms with Gasteiger partial charge in [0, 0.05) is 18.2 Å². The van der Waals surface area contributed by atoms with Gasteiger partial charge in [0.15, 0.2) is 11.5 Å². The third kappa shape index (κ3) is 4.87. The van der Waals surface area contributed by atoms with Crippen LogP contribution in [0.5, 0.6) is 17.2 Å². The molecule has 0 bridgehead atoms. The first-order valence-corrected chi connectivity index (χ1v) is 8.20. The number of nitro benzene ring substituents is 1. The molecule has 0 radical (unpaired) electrons. The molecule has 0 aliphatic rings. The lowest BCUT2D eigenvalue weighted by Crippen LogP contribution is -1.95. The van der Waals surface area contributed by atoms with Crippen LogP contribution < -0.4 is 14.2 Å². The van der Waals surface area contributed by atoms with Gasteiger partial charge in [-0.15, -0.1) is 0 Å². The predicted molar refractivity (Wildman–Crippen MR) is 97.3 cm³/mol. The summed E-state index contributed by atoms with van der Waals surface area (Å²) >= 11 is 1.02. The molecule has 0 saturated carbocycles. The second-order valence-electron chi connectivity index (χ2n) is 4.76. The average molecular weight is 362 g/mol. The van der Waals surface area contributed by atoms with Gasteiger partial charge >= 0.3 is 0 Å². The van der Waals surface area contributed by atoms with Gasteiger partial charge in [0.2, 0.25) is 0 Å². The van der Waals surface area contributed by atoms with Gasteiger partial charge in [0.25, 0.3) is 5.69 Å². The zero-order valence-corrected chi connectivity index (χ0v) is 14.9. The molecule has 0 fully saturated rings. The largest absolute Gasteiger partial charge is 0.494 e. The Morgan fingerprint density at radius 2 is 1.92 bits per heavy atom. The highest BCUT2D eigenvalue weighted by Gasteiger charge is 2.15. The lowest BCUT2D eigenvalue weighted by Gasteiger charge is -2.07. The maximum atomic E-state index is 11.2. The summed E-state index contributed by atoms with van der Waals surface area (Å²) in [6.07, 6.45) is 1.60. The number of methoxy groups -OCH3 is 2. The highest BCUT2D eigenvalue weighted by atomic mass is 32.2. The molecule has 132 valence electrons. The number of nitrogens with zero attached hydrogens (tertiary/aromatic N) is 2. The number of ether oxygens (including phenoxy) is 3.